The van der Waals surface area contributed by atoms with Crippen LogP contribution in [0.3, 0.4) is 0 Å². The van der Waals surface area contributed by atoms with Gasteiger partial charge in [0.1, 0.15) is 0 Å². The SMILES string of the molecule is NC(CC(=O)Nc1ccc(CN2CCCCCC2)cc1)c1ccccc1. The molecule has 3 N–H and O–H groups in total. The molecule has 2 aromatic carbocycles. The molecule has 26 heavy (non-hydrogen) atoms. The van der Waals surface area contributed by atoms with Gasteiger partial charge in [-0.15, -0.1) is 0 Å². The Kier molecular flexibility index (Phi) is 6.81. The summed E-state index contributed by atoms with van der Waals surface area (Å²) in [5.74, 6) is -0.0541. The molecule has 1 aliphatic rings. The second-order valence-electron chi connectivity index (χ2n) is 7.16. The zero-order chi connectivity index (χ0) is 18.2. The van der Waals surface area contributed by atoms with Crippen molar-refractivity contribution in [2.45, 2.75) is 44.7 Å². The van der Waals surface area contributed by atoms with Crippen LogP contribution >= 0.6 is 0 Å². The van der Waals surface area contributed by atoms with E-state index in [1.54, 1.807) is 0 Å². The number of hydrogen-bond donors (Lipinski definition) is 2. The van der Waals surface area contributed by atoms with Crippen molar-refractivity contribution in [3.8, 4) is 0 Å². The van der Waals surface area contributed by atoms with E-state index in [1.165, 1.54) is 44.3 Å². The lowest BCUT2D eigenvalue weighted by atomic mass is 10.0. The number of hydrogen-bond acceptors (Lipinski definition) is 3. The van der Waals surface area contributed by atoms with E-state index in [-0.39, 0.29) is 18.4 Å². The smallest absolute Gasteiger partial charge is 0.226 e. The first-order chi connectivity index (χ1) is 12.7. The quantitative estimate of drug-likeness (QED) is 0.824. The average Bonchev–Trinajstić information content (AvgIpc) is 2.92. The van der Waals surface area contributed by atoms with Crippen molar-refractivity contribution in [2.24, 2.45) is 5.73 Å². The Balaban J connectivity index is 1.49. The van der Waals surface area contributed by atoms with Crippen LogP contribution in [0, 0.1) is 0 Å². The minimum atomic E-state index is -0.279. The van der Waals surface area contributed by atoms with Crippen LogP contribution in [0.25, 0.3) is 0 Å². The van der Waals surface area contributed by atoms with Gasteiger partial charge < -0.3 is 11.1 Å². The molecule has 0 spiro atoms. The molecule has 0 aliphatic carbocycles. The summed E-state index contributed by atoms with van der Waals surface area (Å²) in [5, 5.41) is 2.95. The second kappa shape index (κ2) is 9.51. The summed E-state index contributed by atoms with van der Waals surface area (Å²) < 4.78 is 0. The maximum atomic E-state index is 12.2. The topological polar surface area (TPSA) is 58.4 Å². The predicted octanol–water partition coefficient (Wildman–Crippen LogP) is 4.09. The molecule has 0 saturated carbocycles. The Hall–Kier alpha value is -2.17. The average molecular weight is 351 g/mol. The fourth-order valence-electron chi connectivity index (χ4n) is 3.48. The van der Waals surface area contributed by atoms with Gasteiger partial charge in [-0.2, -0.15) is 0 Å². The predicted molar refractivity (Wildman–Crippen MR) is 107 cm³/mol. The van der Waals surface area contributed by atoms with Gasteiger partial charge in [0, 0.05) is 24.7 Å². The number of rotatable bonds is 6. The molecule has 138 valence electrons. The van der Waals surface area contributed by atoms with Crippen molar-refractivity contribution in [2.75, 3.05) is 18.4 Å². The molecule has 1 saturated heterocycles. The number of benzene rings is 2. The van der Waals surface area contributed by atoms with E-state index in [9.17, 15) is 4.79 Å². The molecule has 1 unspecified atom stereocenters. The Morgan fingerprint density at radius 2 is 1.62 bits per heavy atom. The van der Waals surface area contributed by atoms with Crippen LogP contribution < -0.4 is 11.1 Å². The van der Waals surface area contributed by atoms with Crippen molar-refractivity contribution < 1.29 is 4.79 Å². The normalized spacial score (nSPS) is 16.7. The Morgan fingerprint density at radius 1 is 0.962 bits per heavy atom. The molecule has 1 aliphatic heterocycles. The molecule has 1 fully saturated rings. The maximum absolute atomic E-state index is 12.2. The van der Waals surface area contributed by atoms with E-state index in [4.69, 9.17) is 5.73 Å². The van der Waals surface area contributed by atoms with Gasteiger partial charge in [0.2, 0.25) is 5.91 Å². The number of nitrogens with two attached hydrogens (primary N) is 1. The molecule has 4 heteroatoms. The van der Waals surface area contributed by atoms with Crippen LogP contribution in [-0.2, 0) is 11.3 Å². The Labute approximate surface area is 156 Å². The molecule has 2 aromatic rings. The van der Waals surface area contributed by atoms with Gasteiger partial charge in [-0.05, 0) is 49.2 Å². The van der Waals surface area contributed by atoms with E-state index in [0.29, 0.717) is 0 Å². The van der Waals surface area contributed by atoms with Gasteiger partial charge >= 0.3 is 0 Å². The third-order valence-corrected chi connectivity index (χ3v) is 4.98. The molecule has 4 nitrogen and oxygen atoms in total. The van der Waals surface area contributed by atoms with Crippen LogP contribution in [0.4, 0.5) is 5.69 Å². The fourth-order valence-corrected chi connectivity index (χ4v) is 3.48. The largest absolute Gasteiger partial charge is 0.326 e. The van der Waals surface area contributed by atoms with Crippen LogP contribution in [-0.4, -0.2) is 23.9 Å². The van der Waals surface area contributed by atoms with Crippen molar-refractivity contribution in [3.05, 3.63) is 65.7 Å². The summed E-state index contributed by atoms with van der Waals surface area (Å²) in [6, 6.07) is 17.6. The highest BCUT2D eigenvalue weighted by Crippen LogP contribution is 2.17. The van der Waals surface area contributed by atoms with Crippen LogP contribution in [0.5, 0.6) is 0 Å². The van der Waals surface area contributed by atoms with Gasteiger partial charge in [0.25, 0.3) is 0 Å². The minimum absolute atomic E-state index is 0.0541. The number of likely N-dealkylation sites (tertiary alicyclic amines) is 1. The first-order valence-electron chi connectivity index (χ1n) is 9.62. The van der Waals surface area contributed by atoms with Gasteiger partial charge in [0.05, 0.1) is 0 Å². The highest BCUT2D eigenvalue weighted by Gasteiger charge is 2.12. The fraction of sp³-hybridized carbons (Fsp3) is 0.409. The monoisotopic (exact) mass is 351 g/mol. The van der Waals surface area contributed by atoms with E-state index in [1.807, 2.05) is 42.5 Å². The number of carbonyl (C=O) groups is 1. The Morgan fingerprint density at radius 3 is 2.27 bits per heavy atom. The standard InChI is InChI=1S/C22H29N3O/c23-21(19-8-4-3-5-9-19)16-22(26)24-20-12-10-18(11-13-20)17-25-14-6-1-2-7-15-25/h3-5,8-13,21H,1-2,6-7,14-17,23H2,(H,24,26). The number of amides is 1. The van der Waals surface area contributed by atoms with E-state index in [2.05, 4.69) is 22.3 Å². The molecule has 1 atom stereocenters. The first-order valence-corrected chi connectivity index (χ1v) is 9.62. The molecule has 0 radical (unpaired) electrons. The summed E-state index contributed by atoms with van der Waals surface area (Å²) in [5.41, 5.74) is 9.23. The molecule has 0 bridgehead atoms. The molecular formula is C22H29N3O. The summed E-state index contributed by atoms with van der Waals surface area (Å²) in [6.45, 7) is 3.37. The van der Waals surface area contributed by atoms with Gasteiger partial charge in [-0.3, -0.25) is 9.69 Å². The van der Waals surface area contributed by atoms with E-state index < -0.39 is 0 Å². The lowest BCUT2D eigenvalue weighted by Gasteiger charge is -2.20. The second-order valence-corrected chi connectivity index (χ2v) is 7.16. The summed E-state index contributed by atoms with van der Waals surface area (Å²) in [4.78, 5) is 14.8. The third kappa shape index (κ3) is 5.68. The molecule has 1 heterocycles. The van der Waals surface area contributed by atoms with Crippen molar-refractivity contribution in [3.63, 3.8) is 0 Å². The molecule has 1 amide bonds. The summed E-state index contributed by atoms with van der Waals surface area (Å²) in [7, 11) is 0. The first kappa shape index (κ1) is 18.6. The van der Waals surface area contributed by atoms with Gasteiger partial charge in [-0.25, -0.2) is 0 Å². The number of anilines is 1. The Bertz CT molecular complexity index is 676. The minimum Gasteiger partial charge on any atom is -0.326 e. The molecule has 3 rings (SSSR count). The van der Waals surface area contributed by atoms with Gasteiger partial charge in [0.15, 0.2) is 0 Å². The van der Waals surface area contributed by atoms with Crippen molar-refractivity contribution >= 4 is 11.6 Å². The van der Waals surface area contributed by atoms with Gasteiger partial charge in [-0.1, -0.05) is 55.3 Å². The van der Waals surface area contributed by atoms with Crippen LogP contribution in [0.15, 0.2) is 54.6 Å². The van der Waals surface area contributed by atoms with E-state index in [0.717, 1.165) is 17.8 Å². The maximum Gasteiger partial charge on any atom is 0.226 e. The molecule has 0 aromatic heterocycles. The van der Waals surface area contributed by atoms with E-state index >= 15 is 0 Å². The lowest BCUT2D eigenvalue weighted by Crippen LogP contribution is -2.24. The van der Waals surface area contributed by atoms with Crippen LogP contribution in [0.1, 0.15) is 49.3 Å². The summed E-state index contributed by atoms with van der Waals surface area (Å²) in [6.07, 6.45) is 5.59. The highest BCUT2D eigenvalue weighted by atomic mass is 16.1. The van der Waals surface area contributed by atoms with Crippen molar-refractivity contribution in [1.82, 2.24) is 4.90 Å². The van der Waals surface area contributed by atoms with Crippen molar-refractivity contribution in [1.29, 1.82) is 0 Å². The zero-order valence-corrected chi connectivity index (χ0v) is 15.4. The zero-order valence-electron chi connectivity index (χ0n) is 15.4. The number of nitrogens with zero attached hydrogens (tertiary/aromatic N) is 1. The molecular weight excluding hydrogens is 322 g/mol. The summed E-state index contributed by atoms with van der Waals surface area (Å²) >= 11 is 0. The number of nitrogens with one attached hydrogen (secondary N) is 1. The highest BCUT2D eigenvalue weighted by molar-refractivity contribution is 5.91. The lowest BCUT2D eigenvalue weighted by molar-refractivity contribution is -0.116. The number of carbonyl (C=O) groups excluding carboxylic acids is 1. The third-order valence-electron chi connectivity index (χ3n) is 4.98. The van der Waals surface area contributed by atoms with Crippen LogP contribution in [0.2, 0.25) is 0 Å².